The van der Waals surface area contributed by atoms with E-state index in [1.165, 1.54) is 24.3 Å². The number of pyridine rings is 2. The zero-order valence-corrected chi connectivity index (χ0v) is 17.8. The van der Waals surface area contributed by atoms with E-state index in [2.05, 4.69) is 9.97 Å². The van der Waals surface area contributed by atoms with Crippen LogP contribution < -0.4 is 0 Å². The van der Waals surface area contributed by atoms with E-state index in [0.29, 0.717) is 0 Å². The van der Waals surface area contributed by atoms with Crippen LogP contribution in [0.1, 0.15) is 0 Å². The van der Waals surface area contributed by atoms with Crippen molar-refractivity contribution in [1.29, 1.82) is 0 Å². The summed E-state index contributed by atoms with van der Waals surface area (Å²) in [5.41, 5.74) is 5.30. The molecule has 3 aromatic carbocycles. The fraction of sp³-hybridized carbons (Fsp3) is 0. The van der Waals surface area contributed by atoms with Gasteiger partial charge in [-0.3, -0.25) is 9.97 Å². The van der Waals surface area contributed by atoms with E-state index < -0.39 is 0 Å². The Balaban J connectivity index is 0.00000205. The van der Waals surface area contributed by atoms with Crippen LogP contribution in [0, 0.1) is 11.6 Å². The Kier molecular flexibility index (Phi) is 5.19. The second-order valence-corrected chi connectivity index (χ2v) is 6.67. The van der Waals surface area contributed by atoms with Crippen LogP contribution in [0.4, 0.5) is 8.78 Å². The molecule has 0 aliphatic rings. The molecular weight excluding hydrogens is 540 g/mol. The summed E-state index contributed by atoms with van der Waals surface area (Å²) in [6, 6.07) is 20.8. The van der Waals surface area contributed by atoms with Crippen LogP contribution in [0.5, 0.6) is 0 Å². The summed E-state index contributed by atoms with van der Waals surface area (Å²) in [5, 5.41) is 1.94. The van der Waals surface area contributed by atoms with Crippen molar-refractivity contribution < 1.29 is 29.2 Å². The molecule has 5 rings (SSSR count). The van der Waals surface area contributed by atoms with Crippen molar-refractivity contribution in [2.24, 2.45) is 0 Å². The van der Waals surface area contributed by atoms with Gasteiger partial charge in [0.15, 0.2) is 0 Å². The molecule has 5 heteroatoms. The van der Waals surface area contributed by atoms with Crippen LogP contribution in [0.3, 0.4) is 0 Å². The third-order valence-corrected chi connectivity index (χ3v) is 4.86. The summed E-state index contributed by atoms with van der Waals surface area (Å²) in [4.78, 5) is 9.23. The molecule has 0 saturated carbocycles. The molecule has 1 radical (unpaired) electrons. The predicted octanol–water partition coefficient (Wildman–Crippen LogP) is 6.39. The topological polar surface area (TPSA) is 25.8 Å². The molecular formula is C24H14F2N2Re. The van der Waals surface area contributed by atoms with E-state index in [4.69, 9.17) is 0 Å². The molecule has 0 N–H and O–H groups in total. The van der Waals surface area contributed by atoms with Gasteiger partial charge in [0.1, 0.15) is 11.6 Å². The number of halogens is 2. The SMILES string of the molecule is Fc1ccc(-c2cnc3c(ccc4cc(-c5ccc(F)cc5)cnc43)c2)cc1.[Re]. The molecule has 2 nitrogen and oxygen atoms in total. The zero-order valence-electron chi connectivity index (χ0n) is 15.1. The second kappa shape index (κ2) is 7.79. The molecule has 2 aromatic heterocycles. The van der Waals surface area contributed by atoms with E-state index in [9.17, 15) is 8.78 Å². The van der Waals surface area contributed by atoms with Gasteiger partial charge in [0.2, 0.25) is 0 Å². The molecule has 29 heavy (non-hydrogen) atoms. The smallest absolute Gasteiger partial charge is 0.123 e. The van der Waals surface area contributed by atoms with E-state index in [-0.39, 0.29) is 32.1 Å². The molecule has 5 aromatic rings. The molecule has 0 aliphatic carbocycles. The average Bonchev–Trinajstić information content (AvgIpc) is 2.74. The third-order valence-electron chi connectivity index (χ3n) is 4.86. The number of benzene rings is 3. The number of hydrogen-bond donors (Lipinski definition) is 0. The minimum absolute atomic E-state index is 0. The molecule has 2 heterocycles. The van der Waals surface area contributed by atoms with Crippen LogP contribution in [0.2, 0.25) is 0 Å². The zero-order chi connectivity index (χ0) is 19.1. The van der Waals surface area contributed by atoms with Crippen molar-refractivity contribution in [2.75, 3.05) is 0 Å². The Morgan fingerprint density at radius 3 is 1.24 bits per heavy atom. The first-order valence-electron chi connectivity index (χ1n) is 8.88. The van der Waals surface area contributed by atoms with Gasteiger partial charge in [0.05, 0.1) is 11.0 Å². The van der Waals surface area contributed by atoms with Gasteiger partial charge in [-0.2, -0.15) is 0 Å². The van der Waals surface area contributed by atoms with Crippen molar-refractivity contribution in [3.8, 4) is 22.3 Å². The fourth-order valence-corrected chi connectivity index (χ4v) is 3.39. The maximum Gasteiger partial charge on any atom is 0.123 e. The van der Waals surface area contributed by atoms with Crippen LogP contribution in [-0.2, 0) is 20.4 Å². The minimum atomic E-state index is -0.260. The first-order chi connectivity index (χ1) is 13.7. The minimum Gasteiger partial charge on any atom is -0.253 e. The number of rotatable bonds is 2. The molecule has 0 saturated heterocycles. The molecule has 0 amide bonds. The number of nitrogens with zero attached hydrogens (tertiary/aromatic N) is 2. The Labute approximate surface area is 179 Å². The molecule has 0 atom stereocenters. The maximum absolute atomic E-state index is 13.2. The third kappa shape index (κ3) is 3.67. The van der Waals surface area contributed by atoms with Gasteiger partial charge in [-0.05, 0) is 47.5 Å². The summed E-state index contributed by atoms with van der Waals surface area (Å²) >= 11 is 0. The maximum atomic E-state index is 13.2. The standard InChI is InChI=1S/C24H14F2N2.Re/c25-21-7-3-15(4-8-21)19-11-17-1-2-18-12-20(16-5-9-22(26)10-6-16)14-28-24(18)23(17)27-13-19;/h1-14H;. The van der Waals surface area contributed by atoms with Crippen molar-refractivity contribution in [3.05, 3.63) is 96.8 Å². The van der Waals surface area contributed by atoms with Gasteiger partial charge < -0.3 is 0 Å². The van der Waals surface area contributed by atoms with Crippen molar-refractivity contribution >= 4 is 21.8 Å². The Bertz CT molecular complexity index is 1210. The van der Waals surface area contributed by atoms with Gasteiger partial charge in [-0.25, -0.2) is 8.78 Å². The van der Waals surface area contributed by atoms with Gasteiger partial charge >= 0.3 is 0 Å². The van der Waals surface area contributed by atoms with Gasteiger partial charge in [0, 0.05) is 54.7 Å². The largest absolute Gasteiger partial charge is 0.253 e. The van der Waals surface area contributed by atoms with Crippen LogP contribution in [-0.4, -0.2) is 9.97 Å². The molecule has 0 fully saturated rings. The number of hydrogen-bond acceptors (Lipinski definition) is 2. The monoisotopic (exact) mass is 555 g/mol. The van der Waals surface area contributed by atoms with Crippen LogP contribution in [0.15, 0.2) is 85.2 Å². The molecule has 0 spiro atoms. The summed E-state index contributed by atoms with van der Waals surface area (Å²) in [7, 11) is 0. The summed E-state index contributed by atoms with van der Waals surface area (Å²) in [6.07, 6.45) is 3.56. The first-order valence-corrected chi connectivity index (χ1v) is 8.88. The predicted molar refractivity (Wildman–Crippen MR) is 108 cm³/mol. The molecule has 141 valence electrons. The van der Waals surface area contributed by atoms with E-state index in [0.717, 1.165) is 44.1 Å². The summed E-state index contributed by atoms with van der Waals surface area (Å²) < 4.78 is 26.3. The first kappa shape index (κ1) is 19.3. The van der Waals surface area contributed by atoms with Gasteiger partial charge in [0.25, 0.3) is 0 Å². The van der Waals surface area contributed by atoms with E-state index in [1.807, 2.05) is 24.3 Å². The molecule has 0 unspecified atom stereocenters. The Morgan fingerprint density at radius 2 is 0.862 bits per heavy atom. The Morgan fingerprint density at radius 1 is 0.483 bits per heavy atom. The Hall–Kier alpha value is -3.00. The van der Waals surface area contributed by atoms with E-state index in [1.54, 1.807) is 36.7 Å². The van der Waals surface area contributed by atoms with Crippen molar-refractivity contribution in [3.63, 3.8) is 0 Å². The fourth-order valence-electron chi connectivity index (χ4n) is 3.39. The normalized spacial score (nSPS) is 10.8. The van der Waals surface area contributed by atoms with Gasteiger partial charge in [-0.1, -0.05) is 36.4 Å². The number of fused-ring (bicyclic) bond motifs is 3. The number of aromatic nitrogens is 2. The van der Waals surface area contributed by atoms with Gasteiger partial charge in [-0.15, -0.1) is 0 Å². The second-order valence-electron chi connectivity index (χ2n) is 6.67. The van der Waals surface area contributed by atoms with E-state index >= 15 is 0 Å². The summed E-state index contributed by atoms with van der Waals surface area (Å²) in [5.74, 6) is -0.519. The van der Waals surface area contributed by atoms with Crippen LogP contribution >= 0.6 is 0 Å². The van der Waals surface area contributed by atoms with Crippen LogP contribution in [0.25, 0.3) is 44.1 Å². The van der Waals surface area contributed by atoms with Crippen molar-refractivity contribution in [1.82, 2.24) is 9.97 Å². The molecule has 0 aliphatic heterocycles. The summed E-state index contributed by atoms with van der Waals surface area (Å²) in [6.45, 7) is 0. The molecule has 0 bridgehead atoms. The van der Waals surface area contributed by atoms with Crippen molar-refractivity contribution in [2.45, 2.75) is 0 Å². The quantitative estimate of drug-likeness (QED) is 0.236. The average molecular weight is 555 g/mol.